The lowest BCUT2D eigenvalue weighted by Crippen LogP contribution is -2.40. The van der Waals surface area contributed by atoms with Gasteiger partial charge < -0.3 is 8.85 Å². The molecule has 0 aromatic heterocycles. The first-order chi connectivity index (χ1) is 12.3. The van der Waals surface area contributed by atoms with Gasteiger partial charge >= 0.3 is 19.5 Å². The van der Waals surface area contributed by atoms with Crippen molar-refractivity contribution in [3.8, 4) is 0 Å². The third-order valence-corrected chi connectivity index (χ3v) is 6.71. The van der Waals surface area contributed by atoms with E-state index in [4.69, 9.17) is 8.85 Å². The summed E-state index contributed by atoms with van der Waals surface area (Å²) in [5.74, 6) is -0.572. The van der Waals surface area contributed by atoms with Gasteiger partial charge in [0, 0.05) is 0 Å². The Morgan fingerprint density at radius 1 is 0.571 bits per heavy atom. The lowest BCUT2D eigenvalue weighted by Gasteiger charge is -2.38. The van der Waals surface area contributed by atoms with Crippen LogP contribution in [0.5, 0.6) is 0 Å². The zero-order valence-corrected chi connectivity index (χ0v) is 22.2. The Bertz CT molecular complexity index is 441. The van der Waals surface area contributed by atoms with Gasteiger partial charge in [-0.2, -0.15) is 0 Å². The molecule has 4 radical (unpaired) electrons. The molecule has 0 atom stereocenters. The van der Waals surface area contributed by atoms with Gasteiger partial charge in [-0.25, -0.2) is 0 Å². The second-order valence-corrected chi connectivity index (χ2v) is 13.9. The van der Waals surface area contributed by atoms with Crippen LogP contribution in [-0.4, -0.2) is 31.5 Å². The smallest absolute Gasteiger partial charge is 0.314 e. The van der Waals surface area contributed by atoms with Crippen LogP contribution in [0.3, 0.4) is 0 Å². The van der Waals surface area contributed by atoms with Crippen LogP contribution in [-0.2, 0) is 18.4 Å². The van der Waals surface area contributed by atoms with Crippen LogP contribution in [0.25, 0.3) is 0 Å². The monoisotopic (exact) mass is 426 g/mol. The van der Waals surface area contributed by atoms with Gasteiger partial charge in [0.2, 0.25) is 0 Å². The minimum Gasteiger partial charge on any atom is -0.516 e. The molecule has 0 heterocycles. The Morgan fingerprint density at radius 3 is 0.964 bits per heavy atom. The maximum absolute atomic E-state index is 12.6. The average molecular weight is 427 g/mol. The Labute approximate surface area is 178 Å². The van der Waals surface area contributed by atoms with Crippen molar-refractivity contribution >= 4 is 31.5 Å². The fourth-order valence-electron chi connectivity index (χ4n) is 4.48. The highest BCUT2D eigenvalue weighted by molar-refractivity contribution is 6.37. The highest BCUT2D eigenvalue weighted by atomic mass is 28.2. The first-order valence-corrected chi connectivity index (χ1v) is 12.4. The summed E-state index contributed by atoms with van der Waals surface area (Å²) in [5, 5.41) is 0. The van der Waals surface area contributed by atoms with Gasteiger partial charge in [0.1, 0.15) is 0 Å². The Balaban J connectivity index is 4.48. The molecule has 0 bridgehead atoms. The summed E-state index contributed by atoms with van der Waals surface area (Å²) in [5.41, 5.74) is -0.587. The Kier molecular flexibility index (Phi) is 9.70. The summed E-state index contributed by atoms with van der Waals surface area (Å²) in [6, 6.07) is 1.46. The topological polar surface area (TPSA) is 52.6 Å². The zero-order chi connectivity index (χ0) is 22.6. The summed E-state index contributed by atoms with van der Waals surface area (Å²) < 4.78 is 11.1. The van der Waals surface area contributed by atoms with Crippen LogP contribution >= 0.6 is 0 Å². The van der Waals surface area contributed by atoms with Crippen molar-refractivity contribution in [3.05, 3.63) is 0 Å². The summed E-state index contributed by atoms with van der Waals surface area (Å²) in [4.78, 5) is 25.2. The third-order valence-electron chi connectivity index (χ3n) is 4.61. The van der Waals surface area contributed by atoms with Gasteiger partial charge in [-0.3, -0.25) is 9.59 Å². The van der Waals surface area contributed by atoms with Crippen molar-refractivity contribution in [1.82, 2.24) is 0 Å². The fourth-order valence-corrected chi connectivity index (χ4v) is 6.02. The lowest BCUT2D eigenvalue weighted by molar-refractivity contribution is -0.149. The van der Waals surface area contributed by atoms with Crippen LogP contribution < -0.4 is 0 Å². The van der Waals surface area contributed by atoms with E-state index in [1.165, 1.54) is 0 Å². The summed E-state index contributed by atoms with van der Waals surface area (Å²) >= 11 is 0. The SMILES string of the molecule is CC(C)(C)C(C(=O)O[Si]CC[Si]OC(=O)C(C(C)(C)C)C(C)(C)C)C(C)(C)C. The zero-order valence-electron chi connectivity index (χ0n) is 20.2. The van der Waals surface area contributed by atoms with E-state index in [0.717, 1.165) is 12.1 Å². The molecular formula is C22H42O4Si2. The minimum absolute atomic E-state index is 0.106. The van der Waals surface area contributed by atoms with Crippen molar-refractivity contribution in [2.24, 2.45) is 33.5 Å². The number of carbonyl (C=O) groups is 2. The molecule has 0 aliphatic carbocycles. The molecule has 0 saturated heterocycles. The van der Waals surface area contributed by atoms with E-state index in [2.05, 4.69) is 83.1 Å². The standard InChI is InChI=1S/C22H42O4Si2/c1-19(2,3)15(20(4,5)6)17(23)25-27-13-14-28-26-18(24)16(21(7,8)9)22(10,11)12/h15-16H,13-14H2,1-12H3. The normalized spacial score (nSPS) is 13.8. The summed E-state index contributed by atoms with van der Waals surface area (Å²) in [6.45, 7) is 24.9. The molecule has 28 heavy (non-hydrogen) atoms. The van der Waals surface area contributed by atoms with E-state index >= 15 is 0 Å². The van der Waals surface area contributed by atoms with Gasteiger partial charge in [-0.1, -0.05) is 83.1 Å². The average Bonchev–Trinajstić information content (AvgIpc) is 2.35. The largest absolute Gasteiger partial charge is 0.516 e. The molecule has 0 aliphatic heterocycles. The maximum atomic E-state index is 12.6. The summed E-state index contributed by atoms with van der Waals surface area (Å²) in [7, 11) is 0.211. The van der Waals surface area contributed by atoms with Gasteiger partial charge in [-0.05, 0) is 33.7 Å². The molecule has 0 aromatic rings. The molecule has 0 rings (SSSR count). The van der Waals surface area contributed by atoms with Crippen LogP contribution in [0, 0.1) is 33.5 Å². The fraction of sp³-hybridized carbons (Fsp3) is 0.909. The van der Waals surface area contributed by atoms with Crippen molar-refractivity contribution < 1.29 is 18.4 Å². The summed E-state index contributed by atoms with van der Waals surface area (Å²) in [6.07, 6.45) is 0. The molecule has 0 aliphatic rings. The van der Waals surface area contributed by atoms with E-state index in [1.54, 1.807) is 0 Å². The predicted molar refractivity (Wildman–Crippen MR) is 118 cm³/mol. The quantitative estimate of drug-likeness (QED) is 0.395. The van der Waals surface area contributed by atoms with E-state index in [1.807, 2.05) is 0 Å². The molecule has 0 spiro atoms. The van der Waals surface area contributed by atoms with E-state index in [-0.39, 0.29) is 65.0 Å². The van der Waals surface area contributed by atoms with Crippen molar-refractivity contribution in [3.63, 3.8) is 0 Å². The van der Waals surface area contributed by atoms with Crippen LogP contribution in [0.1, 0.15) is 83.1 Å². The molecule has 162 valence electrons. The van der Waals surface area contributed by atoms with E-state index < -0.39 is 0 Å². The Morgan fingerprint density at radius 2 is 0.786 bits per heavy atom. The van der Waals surface area contributed by atoms with Gasteiger partial charge in [0.25, 0.3) is 11.9 Å². The van der Waals surface area contributed by atoms with Crippen molar-refractivity contribution in [2.75, 3.05) is 0 Å². The van der Waals surface area contributed by atoms with E-state index in [9.17, 15) is 9.59 Å². The molecule has 0 fully saturated rings. The molecule has 0 unspecified atom stereocenters. The number of hydrogen-bond donors (Lipinski definition) is 0. The van der Waals surface area contributed by atoms with Crippen molar-refractivity contribution in [2.45, 2.75) is 95.2 Å². The van der Waals surface area contributed by atoms with Gasteiger partial charge in [0.05, 0.1) is 11.8 Å². The van der Waals surface area contributed by atoms with Crippen LogP contribution in [0.4, 0.5) is 0 Å². The van der Waals surface area contributed by atoms with Gasteiger partial charge in [0.15, 0.2) is 0 Å². The molecule has 0 aromatic carbocycles. The molecule has 0 N–H and O–H groups in total. The first-order valence-electron chi connectivity index (χ1n) is 10.2. The molecule has 0 amide bonds. The molecule has 0 saturated carbocycles. The van der Waals surface area contributed by atoms with E-state index in [0.29, 0.717) is 0 Å². The number of rotatable bonds is 7. The second-order valence-electron chi connectivity index (χ2n) is 12.0. The number of hydrogen-bond acceptors (Lipinski definition) is 4. The molecule has 6 heteroatoms. The maximum Gasteiger partial charge on any atom is 0.314 e. The minimum atomic E-state index is -0.160. The van der Waals surface area contributed by atoms with Gasteiger partial charge in [-0.15, -0.1) is 0 Å². The predicted octanol–water partition coefficient (Wildman–Crippen LogP) is 5.56. The third kappa shape index (κ3) is 9.25. The second kappa shape index (κ2) is 9.92. The van der Waals surface area contributed by atoms with Crippen molar-refractivity contribution in [1.29, 1.82) is 0 Å². The first kappa shape index (κ1) is 27.4. The Hall–Kier alpha value is -0.626. The molecule has 4 nitrogen and oxygen atoms in total. The number of carbonyl (C=O) groups excluding carboxylic acids is 2. The lowest BCUT2D eigenvalue weighted by atomic mass is 9.67. The molecular weight excluding hydrogens is 384 g/mol. The highest BCUT2D eigenvalue weighted by Gasteiger charge is 2.42. The van der Waals surface area contributed by atoms with Crippen LogP contribution in [0.2, 0.25) is 12.1 Å². The van der Waals surface area contributed by atoms with Crippen LogP contribution in [0.15, 0.2) is 0 Å². The highest BCUT2D eigenvalue weighted by Crippen LogP contribution is 2.41.